The van der Waals surface area contributed by atoms with E-state index in [0.29, 0.717) is 17.0 Å². The molecule has 0 bridgehead atoms. The molecule has 3 N–H and O–H groups in total. The van der Waals surface area contributed by atoms with E-state index in [0.717, 1.165) is 17.9 Å². The van der Waals surface area contributed by atoms with E-state index in [1.807, 2.05) is 36.5 Å². The Labute approximate surface area is 123 Å². The number of pyridine rings is 1. The lowest BCUT2D eigenvalue weighted by molar-refractivity contribution is 0.981. The van der Waals surface area contributed by atoms with Crippen LogP contribution in [-0.4, -0.2) is 11.0 Å². The van der Waals surface area contributed by atoms with Crippen LogP contribution in [0.3, 0.4) is 0 Å². The quantitative estimate of drug-likeness (QED) is 0.907. The molecule has 0 radical (unpaired) electrons. The van der Waals surface area contributed by atoms with Gasteiger partial charge in [-0.15, -0.1) is 12.4 Å². The number of halogens is 2. The van der Waals surface area contributed by atoms with Crippen molar-refractivity contribution in [3.05, 3.63) is 53.2 Å². The summed E-state index contributed by atoms with van der Waals surface area (Å²) in [6, 6.07) is 11.9. The number of rotatable bonds is 3. The minimum Gasteiger partial charge on any atom is -0.340 e. The largest absolute Gasteiger partial charge is 0.340 e. The van der Waals surface area contributed by atoms with Crippen LogP contribution in [0.1, 0.15) is 17.9 Å². The van der Waals surface area contributed by atoms with Crippen molar-refractivity contribution in [1.82, 2.24) is 4.98 Å². The molecule has 1 aromatic heterocycles. The van der Waals surface area contributed by atoms with Crippen molar-refractivity contribution < 1.29 is 0 Å². The summed E-state index contributed by atoms with van der Waals surface area (Å²) in [5.74, 6) is 1.31. The van der Waals surface area contributed by atoms with Crippen LogP contribution >= 0.6 is 24.0 Å². The number of hydrogen-bond donors (Lipinski definition) is 2. The average molecular weight is 296 g/mol. The second-order valence-corrected chi connectivity index (χ2v) is 5.05. The predicted octanol–water partition coefficient (Wildman–Crippen LogP) is 3.72. The summed E-state index contributed by atoms with van der Waals surface area (Å²) in [5.41, 5.74) is 7.98. The fourth-order valence-corrected chi connectivity index (χ4v) is 2.20. The number of aromatic nitrogens is 1. The Kier molecular flexibility index (Phi) is 4.30. The molecule has 100 valence electrons. The highest BCUT2D eigenvalue weighted by molar-refractivity contribution is 6.30. The van der Waals surface area contributed by atoms with Crippen LogP contribution in [0.5, 0.6) is 0 Å². The maximum atomic E-state index is 5.93. The molecule has 3 rings (SSSR count). The fourth-order valence-electron chi connectivity index (χ4n) is 2.01. The molecule has 1 fully saturated rings. The van der Waals surface area contributed by atoms with Crippen molar-refractivity contribution >= 4 is 35.5 Å². The van der Waals surface area contributed by atoms with Gasteiger partial charge in [0.25, 0.3) is 0 Å². The van der Waals surface area contributed by atoms with Gasteiger partial charge >= 0.3 is 0 Å². The Morgan fingerprint density at radius 2 is 2.05 bits per heavy atom. The fraction of sp³-hybridized carbons (Fsp3) is 0.214. The highest BCUT2D eigenvalue weighted by atomic mass is 35.5. The van der Waals surface area contributed by atoms with E-state index in [2.05, 4.69) is 16.4 Å². The van der Waals surface area contributed by atoms with Gasteiger partial charge in [0.2, 0.25) is 0 Å². The number of nitrogens with one attached hydrogen (secondary N) is 1. The lowest BCUT2D eigenvalue weighted by Gasteiger charge is -2.06. The van der Waals surface area contributed by atoms with Crippen molar-refractivity contribution in [3.8, 4) is 0 Å². The molecule has 1 heterocycles. The number of nitrogens with zero attached hydrogens (tertiary/aromatic N) is 1. The van der Waals surface area contributed by atoms with E-state index in [4.69, 9.17) is 17.3 Å². The third-order valence-electron chi connectivity index (χ3n) is 3.15. The third kappa shape index (κ3) is 3.38. The van der Waals surface area contributed by atoms with Crippen LogP contribution in [0.15, 0.2) is 42.6 Å². The molecule has 1 aliphatic carbocycles. The number of anilines is 2. The normalized spacial score (nSPS) is 20.5. The van der Waals surface area contributed by atoms with Crippen LogP contribution in [0.2, 0.25) is 5.02 Å². The molecule has 0 saturated heterocycles. The molecule has 2 atom stereocenters. The number of benzene rings is 1. The SMILES string of the molecule is Cl.N[C@H]1C[C@@H]1c1ccc(Nc2cccc(Cl)c2)nc1. The molecule has 0 amide bonds. The minimum atomic E-state index is 0. The number of hydrogen-bond acceptors (Lipinski definition) is 3. The van der Waals surface area contributed by atoms with Gasteiger partial charge in [0, 0.05) is 28.9 Å². The second kappa shape index (κ2) is 5.78. The maximum Gasteiger partial charge on any atom is 0.130 e. The van der Waals surface area contributed by atoms with Gasteiger partial charge in [-0.05, 0) is 36.2 Å². The average Bonchev–Trinajstić information content (AvgIpc) is 3.07. The summed E-state index contributed by atoms with van der Waals surface area (Å²) in [5, 5.41) is 3.92. The van der Waals surface area contributed by atoms with E-state index in [-0.39, 0.29) is 12.4 Å². The lowest BCUT2D eigenvalue weighted by Crippen LogP contribution is -2.01. The van der Waals surface area contributed by atoms with Crippen molar-refractivity contribution in [3.63, 3.8) is 0 Å². The zero-order chi connectivity index (χ0) is 12.5. The zero-order valence-electron chi connectivity index (χ0n) is 10.2. The summed E-state index contributed by atoms with van der Waals surface area (Å²) in [7, 11) is 0. The first kappa shape index (κ1) is 14.1. The van der Waals surface area contributed by atoms with E-state index < -0.39 is 0 Å². The van der Waals surface area contributed by atoms with Crippen LogP contribution in [0.4, 0.5) is 11.5 Å². The minimum absolute atomic E-state index is 0. The summed E-state index contributed by atoms with van der Waals surface area (Å²) >= 11 is 5.93. The van der Waals surface area contributed by atoms with Crippen molar-refractivity contribution in [2.24, 2.45) is 5.73 Å². The summed E-state index contributed by atoms with van der Waals surface area (Å²) in [6.07, 6.45) is 2.97. The molecule has 5 heteroatoms. The molecule has 1 aliphatic rings. The molecular formula is C14H15Cl2N3. The van der Waals surface area contributed by atoms with Crippen LogP contribution in [0.25, 0.3) is 0 Å². The molecule has 1 aromatic carbocycles. The Balaban J connectivity index is 0.00000133. The van der Waals surface area contributed by atoms with Gasteiger partial charge in [0.15, 0.2) is 0 Å². The molecule has 19 heavy (non-hydrogen) atoms. The second-order valence-electron chi connectivity index (χ2n) is 4.62. The molecule has 0 spiro atoms. The highest BCUT2D eigenvalue weighted by Crippen LogP contribution is 2.38. The van der Waals surface area contributed by atoms with Gasteiger partial charge in [-0.1, -0.05) is 23.7 Å². The molecular weight excluding hydrogens is 281 g/mol. The first-order valence-corrected chi connectivity index (χ1v) is 6.34. The Morgan fingerprint density at radius 3 is 2.63 bits per heavy atom. The summed E-state index contributed by atoms with van der Waals surface area (Å²) < 4.78 is 0. The molecule has 2 aromatic rings. The Bertz CT molecular complexity index is 557. The molecule has 3 nitrogen and oxygen atoms in total. The van der Waals surface area contributed by atoms with Crippen molar-refractivity contribution in [1.29, 1.82) is 0 Å². The highest BCUT2D eigenvalue weighted by Gasteiger charge is 2.34. The lowest BCUT2D eigenvalue weighted by atomic mass is 10.2. The Morgan fingerprint density at radius 1 is 1.26 bits per heavy atom. The van der Waals surface area contributed by atoms with Crippen LogP contribution < -0.4 is 11.1 Å². The standard InChI is InChI=1S/C14H14ClN3.ClH/c15-10-2-1-3-11(6-10)18-14-5-4-9(8-17-14)12-7-13(12)16;/h1-6,8,12-13H,7,16H2,(H,17,18);1H/t12-,13+;/m1./s1. The van der Waals surface area contributed by atoms with Gasteiger partial charge in [-0.3, -0.25) is 0 Å². The predicted molar refractivity (Wildman–Crippen MR) is 81.6 cm³/mol. The Hall–Kier alpha value is -1.29. The van der Waals surface area contributed by atoms with E-state index >= 15 is 0 Å². The topological polar surface area (TPSA) is 50.9 Å². The molecule has 0 aliphatic heterocycles. The zero-order valence-corrected chi connectivity index (χ0v) is 11.8. The van der Waals surface area contributed by atoms with Crippen molar-refractivity contribution in [2.75, 3.05) is 5.32 Å². The smallest absolute Gasteiger partial charge is 0.130 e. The van der Waals surface area contributed by atoms with Gasteiger partial charge < -0.3 is 11.1 Å². The van der Waals surface area contributed by atoms with E-state index in [1.165, 1.54) is 5.56 Å². The van der Waals surface area contributed by atoms with Crippen LogP contribution in [0, 0.1) is 0 Å². The van der Waals surface area contributed by atoms with Gasteiger partial charge in [-0.2, -0.15) is 0 Å². The maximum absolute atomic E-state index is 5.93. The van der Waals surface area contributed by atoms with E-state index in [9.17, 15) is 0 Å². The molecule has 0 unspecified atom stereocenters. The molecule has 1 saturated carbocycles. The third-order valence-corrected chi connectivity index (χ3v) is 3.39. The summed E-state index contributed by atoms with van der Waals surface area (Å²) in [6.45, 7) is 0. The summed E-state index contributed by atoms with van der Waals surface area (Å²) in [4.78, 5) is 4.39. The van der Waals surface area contributed by atoms with Crippen molar-refractivity contribution in [2.45, 2.75) is 18.4 Å². The first-order valence-electron chi connectivity index (χ1n) is 5.96. The monoisotopic (exact) mass is 295 g/mol. The van der Waals surface area contributed by atoms with Gasteiger partial charge in [0.1, 0.15) is 5.82 Å². The first-order chi connectivity index (χ1) is 8.72. The van der Waals surface area contributed by atoms with Gasteiger partial charge in [-0.25, -0.2) is 4.98 Å². The van der Waals surface area contributed by atoms with E-state index in [1.54, 1.807) is 0 Å². The van der Waals surface area contributed by atoms with Gasteiger partial charge in [0.05, 0.1) is 0 Å². The van der Waals surface area contributed by atoms with Crippen LogP contribution in [-0.2, 0) is 0 Å². The number of nitrogens with two attached hydrogens (primary N) is 1.